The molecule has 2 atom stereocenters. The molecule has 9 heteroatoms. The van der Waals surface area contributed by atoms with Crippen LogP contribution in [0.25, 0.3) is 0 Å². The Hall–Kier alpha value is 0.0900. The molecule has 0 saturated heterocycles. The Balaban J connectivity index is 4.08. The van der Waals surface area contributed by atoms with Crippen molar-refractivity contribution in [2.24, 2.45) is 0 Å². The Morgan fingerprint density at radius 3 is 1.47 bits per heavy atom. The molecule has 36 heavy (non-hydrogen) atoms. The van der Waals surface area contributed by atoms with E-state index in [0.29, 0.717) is 6.42 Å². The van der Waals surface area contributed by atoms with Gasteiger partial charge in [-0.25, -0.2) is 0 Å². The maximum absolute atomic E-state index is 12.2. The van der Waals surface area contributed by atoms with Crippen LogP contribution >= 0.6 is 4.35 Å². The maximum atomic E-state index is 12.2. The molecule has 0 heterocycles. The van der Waals surface area contributed by atoms with E-state index in [0.717, 1.165) is 38.5 Å². The number of esters is 2. The van der Waals surface area contributed by atoms with E-state index in [-0.39, 0.29) is 58.9 Å². The average Bonchev–Trinajstić information content (AvgIpc) is 2.83. The van der Waals surface area contributed by atoms with Gasteiger partial charge in [0.15, 0.2) is 0 Å². The molecule has 0 radical (unpaired) electrons. The van der Waals surface area contributed by atoms with Crippen LogP contribution in [0.4, 0.5) is 0 Å². The van der Waals surface area contributed by atoms with E-state index in [2.05, 4.69) is 13.8 Å². The predicted molar refractivity (Wildman–Crippen MR) is 146 cm³/mol. The van der Waals surface area contributed by atoms with Crippen molar-refractivity contribution in [3.05, 3.63) is 0 Å². The first-order valence-corrected chi connectivity index (χ1v) is 19.3. The molecule has 0 aliphatic rings. The van der Waals surface area contributed by atoms with Crippen molar-refractivity contribution < 1.29 is 33.0 Å². The molecule has 0 saturated carbocycles. The van der Waals surface area contributed by atoms with Crippen molar-refractivity contribution in [3.63, 3.8) is 0 Å². The van der Waals surface area contributed by atoms with Crippen LogP contribution in [0.3, 0.4) is 0 Å². The Morgan fingerprint density at radius 1 is 0.667 bits per heavy atom. The van der Waals surface area contributed by atoms with Crippen LogP contribution in [-0.4, -0.2) is 63.5 Å². The van der Waals surface area contributed by atoms with Gasteiger partial charge in [-0.05, 0) is 0 Å². The van der Waals surface area contributed by atoms with Crippen LogP contribution < -0.4 is 0 Å². The molecule has 0 rings (SSSR count). The quantitative estimate of drug-likeness (QED) is 0.0521. The summed E-state index contributed by atoms with van der Waals surface area (Å²) in [6, 6.07) is 0. The van der Waals surface area contributed by atoms with Gasteiger partial charge in [0.25, 0.3) is 0 Å². The van der Waals surface area contributed by atoms with Gasteiger partial charge in [0.2, 0.25) is 0 Å². The molecule has 208 valence electrons. The summed E-state index contributed by atoms with van der Waals surface area (Å²) in [6.07, 6.45) is 20.7. The first-order chi connectivity index (χ1) is 17.3. The third-order valence-corrected chi connectivity index (χ3v) is 7.60. The Kier molecular flexibility index (Phi) is 25.4. The topological polar surface area (TPSA) is 99.1 Å². The van der Waals surface area contributed by atoms with Crippen LogP contribution in [0.2, 0.25) is 0 Å². The van der Waals surface area contributed by atoms with Gasteiger partial charge in [-0.15, -0.1) is 0 Å². The second kappa shape index (κ2) is 25.4. The summed E-state index contributed by atoms with van der Waals surface area (Å²) in [7, 11) is 0. The van der Waals surface area contributed by atoms with Gasteiger partial charge in [0.1, 0.15) is 0 Å². The van der Waals surface area contributed by atoms with Crippen molar-refractivity contribution in [2.75, 3.05) is 13.2 Å². The van der Waals surface area contributed by atoms with Crippen molar-refractivity contribution in [2.45, 2.75) is 148 Å². The standard InChI is InChI=1S/C27H51O7P.Na/c1-3-5-7-9-11-13-15-17-19-21-26(28)32-23-25(24-33-35(30)31)34-27(29)22-20-18-16-14-12-10-8-6-4-2;/h25H,3-24H2,1-2H3;/q;-1/p+1. The summed E-state index contributed by atoms with van der Waals surface area (Å²) in [5, 5.41) is 0. The smallest absolute Gasteiger partial charge is 0.0654 e. The first kappa shape index (κ1) is 36.1. The van der Waals surface area contributed by atoms with Gasteiger partial charge in [0.05, 0.1) is 0 Å². The SMILES string of the molecule is CCCCCCCCCCCC(=O)OCC(CO[P](=O)(O)[Na])OC(=O)CCCCCCCCCCC. The zero-order chi connectivity index (χ0) is 26.9. The molecular weight excluding hydrogens is 490 g/mol. The van der Waals surface area contributed by atoms with Crippen LogP contribution in [-0.2, 0) is 28.2 Å². The van der Waals surface area contributed by atoms with E-state index >= 15 is 0 Å². The van der Waals surface area contributed by atoms with E-state index in [9.17, 15) is 19.0 Å². The zero-order valence-corrected chi connectivity index (χ0v) is 26.4. The fourth-order valence-corrected chi connectivity index (χ4v) is 4.89. The number of ether oxygens (including phenoxy) is 2. The predicted octanol–water partition coefficient (Wildman–Crippen LogP) is 7.57. The fraction of sp³-hybridized carbons (Fsp3) is 0.926. The summed E-state index contributed by atoms with van der Waals surface area (Å²) in [5.74, 6) is -0.723. The number of carbonyl (C=O) groups is 2. The third-order valence-electron chi connectivity index (χ3n) is 6.20. The molecule has 0 fully saturated rings. The second-order valence-electron chi connectivity index (χ2n) is 10.1. The first-order valence-electron chi connectivity index (χ1n) is 14.6. The molecular formula is C27H52NaO7P. The molecule has 0 spiro atoms. The molecule has 7 nitrogen and oxygen atoms in total. The van der Waals surface area contributed by atoms with E-state index < -0.39 is 10.5 Å². The van der Waals surface area contributed by atoms with Crippen LogP contribution in [0.5, 0.6) is 0 Å². The summed E-state index contributed by atoms with van der Waals surface area (Å²) in [4.78, 5) is 33.8. The van der Waals surface area contributed by atoms with Gasteiger partial charge in [-0.3, -0.25) is 0 Å². The molecule has 0 aromatic heterocycles. The van der Waals surface area contributed by atoms with Crippen LogP contribution in [0, 0.1) is 0 Å². The van der Waals surface area contributed by atoms with Crippen LogP contribution in [0.15, 0.2) is 0 Å². The molecule has 1 N–H and O–H groups in total. The van der Waals surface area contributed by atoms with Gasteiger partial charge in [-0.1, -0.05) is 71.6 Å². The van der Waals surface area contributed by atoms with Crippen molar-refractivity contribution in [1.82, 2.24) is 0 Å². The summed E-state index contributed by atoms with van der Waals surface area (Å²) < 4.78 is 23.6. The van der Waals surface area contributed by atoms with Gasteiger partial charge in [0, 0.05) is 0 Å². The Morgan fingerprint density at radius 2 is 1.06 bits per heavy atom. The van der Waals surface area contributed by atoms with E-state index in [1.807, 2.05) is 0 Å². The van der Waals surface area contributed by atoms with E-state index in [1.54, 1.807) is 0 Å². The molecule has 0 aromatic carbocycles. The minimum absolute atomic E-state index is 0.0217. The van der Waals surface area contributed by atoms with E-state index in [1.165, 1.54) is 77.0 Å². The van der Waals surface area contributed by atoms with Crippen molar-refractivity contribution >= 4 is 43.6 Å². The van der Waals surface area contributed by atoms with Crippen molar-refractivity contribution in [1.29, 1.82) is 0 Å². The number of hydrogen-bond donors (Lipinski definition) is 1. The summed E-state index contributed by atoms with van der Waals surface area (Å²) in [5.41, 5.74) is 0. The normalized spacial score (nSPS) is 13.8. The average molecular weight is 543 g/mol. The molecule has 0 amide bonds. The number of carbonyl (C=O) groups excluding carboxylic acids is 2. The minimum Gasteiger partial charge on any atom is -0.0654 e. The van der Waals surface area contributed by atoms with Gasteiger partial charge < -0.3 is 0 Å². The number of rotatable bonds is 26. The Bertz CT molecular complexity index is 582. The molecule has 0 aliphatic carbocycles. The van der Waals surface area contributed by atoms with E-state index in [4.69, 9.17) is 14.0 Å². The number of hydrogen-bond acceptors (Lipinski definition) is 6. The molecule has 0 aliphatic heterocycles. The molecule has 0 aromatic rings. The fourth-order valence-electron chi connectivity index (χ4n) is 4.00. The van der Waals surface area contributed by atoms with Gasteiger partial charge >= 0.3 is 167 Å². The second-order valence-corrected chi connectivity index (χ2v) is 15.3. The number of unbranched alkanes of at least 4 members (excludes halogenated alkanes) is 16. The minimum atomic E-state index is -3.59. The van der Waals surface area contributed by atoms with Crippen molar-refractivity contribution in [3.8, 4) is 0 Å². The zero-order valence-electron chi connectivity index (χ0n) is 23.5. The summed E-state index contributed by atoms with van der Waals surface area (Å²) in [6.45, 7) is 4.03. The van der Waals surface area contributed by atoms with Gasteiger partial charge in [-0.2, -0.15) is 0 Å². The molecule has 0 bridgehead atoms. The molecule has 2 unspecified atom stereocenters. The Labute approximate surface area is 237 Å². The summed E-state index contributed by atoms with van der Waals surface area (Å²) >= 11 is -0.0217. The van der Waals surface area contributed by atoms with Crippen LogP contribution in [0.1, 0.15) is 142 Å². The monoisotopic (exact) mass is 542 g/mol. The third kappa shape index (κ3) is 27.1.